The number of amides is 1. The summed E-state index contributed by atoms with van der Waals surface area (Å²) in [5.74, 6) is 0.662. The van der Waals surface area contributed by atoms with Gasteiger partial charge >= 0.3 is 0 Å². The quantitative estimate of drug-likeness (QED) is 0.784. The molecular formula is C24H29FN2O. The Morgan fingerprint density at radius 2 is 1.68 bits per heavy atom. The fourth-order valence-corrected chi connectivity index (χ4v) is 4.19. The highest BCUT2D eigenvalue weighted by atomic mass is 19.1. The summed E-state index contributed by atoms with van der Waals surface area (Å²) in [4.78, 5) is 14.3. The summed E-state index contributed by atoms with van der Waals surface area (Å²) < 4.78 is 15.2. The first-order valence-electron chi connectivity index (χ1n) is 10.4. The van der Waals surface area contributed by atoms with Crippen LogP contribution in [0.25, 0.3) is 0 Å². The highest BCUT2D eigenvalue weighted by Crippen LogP contribution is 2.41. The standard InChI is InChI=1S/C24H29FN2O/c25-24(18-26-22-17-21(22)20-9-5-2-6-10-20)13-15-27(16-14-24)23(28)12-11-19-7-3-1-4-8-19/h1-10,21-22,26H,11-18H2/t21-,22+/m0/s1. The maximum absolute atomic E-state index is 15.2. The molecule has 2 aromatic carbocycles. The molecule has 1 saturated carbocycles. The lowest BCUT2D eigenvalue weighted by molar-refractivity contribution is -0.133. The minimum atomic E-state index is -1.19. The Bertz CT molecular complexity index is 772. The minimum Gasteiger partial charge on any atom is -0.342 e. The molecule has 2 fully saturated rings. The van der Waals surface area contributed by atoms with E-state index in [4.69, 9.17) is 0 Å². The summed E-state index contributed by atoms with van der Waals surface area (Å²) in [5, 5.41) is 3.43. The van der Waals surface area contributed by atoms with E-state index in [0.29, 0.717) is 50.9 Å². The van der Waals surface area contributed by atoms with Gasteiger partial charge in [-0.05, 0) is 24.0 Å². The van der Waals surface area contributed by atoms with E-state index >= 15 is 4.39 Å². The molecule has 2 aliphatic rings. The number of nitrogens with one attached hydrogen (secondary N) is 1. The molecule has 1 saturated heterocycles. The summed E-state index contributed by atoms with van der Waals surface area (Å²) in [6, 6.07) is 20.9. The van der Waals surface area contributed by atoms with Crippen molar-refractivity contribution in [2.75, 3.05) is 19.6 Å². The second-order valence-corrected chi connectivity index (χ2v) is 8.26. The highest BCUT2D eigenvalue weighted by Gasteiger charge is 2.41. The van der Waals surface area contributed by atoms with Crippen LogP contribution in [0.3, 0.4) is 0 Å². The highest BCUT2D eigenvalue weighted by molar-refractivity contribution is 5.76. The van der Waals surface area contributed by atoms with Gasteiger partial charge in [0.1, 0.15) is 5.67 Å². The number of alkyl halides is 1. The monoisotopic (exact) mass is 380 g/mol. The van der Waals surface area contributed by atoms with Crippen LogP contribution in [-0.4, -0.2) is 42.2 Å². The largest absolute Gasteiger partial charge is 0.342 e. The fourth-order valence-electron chi connectivity index (χ4n) is 4.19. The normalized spacial score (nSPS) is 23.4. The van der Waals surface area contributed by atoms with Crippen molar-refractivity contribution in [3.63, 3.8) is 0 Å². The Hall–Kier alpha value is -2.20. The lowest BCUT2D eigenvalue weighted by Gasteiger charge is -2.36. The van der Waals surface area contributed by atoms with Crippen LogP contribution in [0.1, 0.15) is 42.7 Å². The molecule has 0 aromatic heterocycles. The zero-order chi connectivity index (χ0) is 19.4. The molecule has 0 bridgehead atoms. The predicted molar refractivity (Wildman–Crippen MR) is 110 cm³/mol. The first kappa shape index (κ1) is 19.1. The topological polar surface area (TPSA) is 32.3 Å². The lowest BCUT2D eigenvalue weighted by Crippen LogP contribution is -2.49. The van der Waals surface area contributed by atoms with Crippen LogP contribution in [0, 0.1) is 0 Å². The first-order chi connectivity index (χ1) is 13.6. The average molecular weight is 381 g/mol. The zero-order valence-electron chi connectivity index (χ0n) is 16.3. The van der Waals surface area contributed by atoms with Crippen LogP contribution in [0.4, 0.5) is 4.39 Å². The predicted octanol–water partition coefficient (Wildman–Crippen LogP) is 4.10. The lowest BCUT2D eigenvalue weighted by atomic mass is 9.92. The van der Waals surface area contributed by atoms with Gasteiger partial charge in [-0.15, -0.1) is 0 Å². The number of piperidine rings is 1. The Morgan fingerprint density at radius 3 is 2.36 bits per heavy atom. The van der Waals surface area contributed by atoms with Crippen molar-refractivity contribution >= 4 is 5.91 Å². The maximum Gasteiger partial charge on any atom is 0.222 e. The van der Waals surface area contributed by atoms with Crippen molar-refractivity contribution in [3.05, 3.63) is 71.8 Å². The van der Waals surface area contributed by atoms with Crippen molar-refractivity contribution in [1.82, 2.24) is 10.2 Å². The van der Waals surface area contributed by atoms with Crippen LogP contribution in [0.2, 0.25) is 0 Å². The Labute approximate surface area is 166 Å². The van der Waals surface area contributed by atoms with E-state index in [1.165, 1.54) is 11.1 Å². The van der Waals surface area contributed by atoms with Crippen LogP contribution in [0.15, 0.2) is 60.7 Å². The number of aryl methyl sites for hydroxylation is 1. The number of carbonyl (C=O) groups excluding carboxylic acids is 1. The molecule has 1 N–H and O–H groups in total. The zero-order valence-corrected chi connectivity index (χ0v) is 16.3. The Kier molecular flexibility index (Phi) is 5.77. The molecule has 0 spiro atoms. The third-order valence-electron chi connectivity index (χ3n) is 6.18. The maximum atomic E-state index is 15.2. The Morgan fingerprint density at radius 1 is 1.04 bits per heavy atom. The molecule has 1 amide bonds. The van der Waals surface area contributed by atoms with Gasteiger partial charge in [0.05, 0.1) is 0 Å². The molecule has 4 heteroatoms. The van der Waals surface area contributed by atoms with E-state index in [1.54, 1.807) is 0 Å². The van der Waals surface area contributed by atoms with Gasteiger partial charge in [0, 0.05) is 50.9 Å². The number of benzene rings is 2. The number of rotatable bonds is 7. The fraction of sp³-hybridized carbons (Fsp3) is 0.458. The molecule has 0 radical (unpaired) electrons. The van der Waals surface area contributed by atoms with E-state index in [-0.39, 0.29) is 5.91 Å². The van der Waals surface area contributed by atoms with Crippen molar-refractivity contribution in [2.45, 2.75) is 49.7 Å². The van der Waals surface area contributed by atoms with Gasteiger partial charge in [0.25, 0.3) is 0 Å². The first-order valence-corrected chi connectivity index (χ1v) is 10.4. The second kappa shape index (κ2) is 8.44. The van der Waals surface area contributed by atoms with Gasteiger partial charge in [0.2, 0.25) is 5.91 Å². The van der Waals surface area contributed by atoms with E-state index < -0.39 is 5.67 Å². The van der Waals surface area contributed by atoms with Crippen molar-refractivity contribution < 1.29 is 9.18 Å². The number of halogens is 1. The SMILES string of the molecule is O=C(CCc1ccccc1)N1CCC(F)(CN[C@@H]2C[C@H]2c2ccccc2)CC1. The summed E-state index contributed by atoms with van der Waals surface area (Å²) in [5.41, 5.74) is 1.32. The molecular weight excluding hydrogens is 351 g/mol. The molecule has 1 aliphatic heterocycles. The van der Waals surface area contributed by atoms with E-state index in [1.807, 2.05) is 41.3 Å². The van der Waals surface area contributed by atoms with Crippen molar-refractivity contribution in [1.29, 1.82) is 0 Å². The number of carbonyl (C=O) groups is 1. The third kappa shape index (κ3) is 4.79. The minimum absolute atomic E-state index is 0.144. The van der Waals surface area contributed by atoms with Gasteiger partial charge in [-0.3, -0.25) is 4.79 Å². The molecule has 1 aliphatic carbocycles. The van der Waals surface area contributed by atoms with Crippen molar-refractivity contribution in [2.24, 2.45) is 0 Å². The second-order valence-electron chi connectivity index (χ2n) is 8.26. The smallest absolute Gasteiger partial charge is 0.222 e. The van der Waals surface area contributed by atoms with Crippen LogP contribution >= 0.6 is 0 Å². The number of likely N-dealkylation sites (tertiary alicyclic amines) is 1. The summed E-state index contributed by atoms with van der Waals surface area (Å²) >= 11 is 0. The number of nitrogens with zero attached hydrogens (tertiary/aromatic N) is 1. The molecule has 1 heterocycles. The summed E-state index contributed by atoms with van der Waals surface area (Å²) in [6.07, 6.45) is 3.20. The van der Waals surface area contributed by atoms with E-state index in [2.05, 4.69) is 29.6 Å². The van der Waals surface area contributed by atoms with Gasteiger partial charge in [-0.2, -0.15) is 0 Å². The van der Waals surface area contributed by atoms with Crippen LogP contribution in [0.5, 0.6) is 0 Å². The van der Waals surface area contributed by atoms with Gasteiger partial charge < -0.3 is 10.2 Å². The molecule has 2 atom stereocenters. The molecule has 2 aromatic rings. The van der Waals surface area contributed by atoms with Crippen molar-refractivity contribution in [3.8, 4) is 0 Å². The summed E-state index contributed by atoms with van der Waals surface area (Å²) in [6.45, 7) is 1.45. The third-order valence-corrected chi connectivity index (χ3v) is 6.18. The van der Waals surface area contributed by atoms with Gasteiger partial charge in [-0.1, -0.05) is 60.7 Å². The number of hydrogen-bond acceptors (Lipinski definition) is 2. The molecule has 4 rings (SSSR count). The van der Waals surface area contributed by atoms with E-state index in [9.17, 15) is 4.79 Å². The molecule has 3 nitrogen and oxygen atoms in total. The number of hydrogen-bond donors (Lipinski definition) is 1. The van der Waals surface area contributed by atoms with Crippen LogP contribution in [-0.2, 0) is 11.2 Å². The van der Waals surface area contributed by atoms with Gasteiger partial charge in [0.15, 0.2) is 0 Å². The molecule has 0 unspecified atom stereocenters. The van der Waals surface area contributed by atoms with Crippen LogP contribution < -0.4 is 5.32 Å². The van der Waals surface area contributed by atoms with Gasteiger partial charge in [-0.25, -0.2) is 4.39 Å². The molecule has 28 heavy (non-hydrogen) atoms. The Balaban J connectivity index is 1.18. The van der Waals surface area contributed by atoms with E-state index in [0.717, 1.165) is 12.8 Å². The molecule has 148 valence electrons. The summed E-state index contributed by atoms with van der Waals surface area (Å²) in [7, 11) is 0. The average Bonchev–Trinajstić information content (AvgIpc) is 3.53.